The van der Waals surface area contributed by atoms with E-state index in [2.05, 4.69) is 27.0 Å². The van der Waals surface area contributed by atoms with Crippen LogP contribution in [-0.4, -0.2) is 24.5 Å². The Hall–Kier alpha value is -1.44. The summed E-state index contributed by atoms with van der Waals surface area (Å²) in [5.74, 6) is 0. The van der Waals surface area contributed by atoms with Gasteiger partial charge in [-0.1, -0.05) is 0 Å². The fourth-order valence-electron chi connectivity index (χ4n) is 1.50. The van der Waals surface area contributed by atoms with Gasteiger partial charge in [0.25, 0.3) is 0 Å². The van der Waals surface area contributed by atoms with Gasteiger partial charge in [0, 0.05) is 0 Å². The molecule has 2 aromatic heterocycles. The van der Waals surface area contributed by atoms with Crippen molar-refractivity contribution < 1.29 is 0 Å². The van der Waals surface area contributed by atoms with Gasteiger partial charge in [0.05, 0.1) is 0 Å². The maximum atomic E-state index is 4.60. The molecule has 0 atom stereocenters. The molecule has 0 saturated heterocycles. The second-order valence-electron chi connectivity index (χ2n) is 3.22. The van der Waals surface area contributed by atoms with Crippen molar-refractivity contribution in [3.05, 3.63) is 47.5 Å². The zero-order chi connectivity index (χ0) is 10.1. The molecule has 0 aliphatic carbocycles. The Morgan fingerprint density at radius 1 is 0.933 bits per heavy atom. The second kappa shape index (κ2) is 3.61. The van der Waals surface area contributed by atoms with Crippen LogP contribution in [0, 0.1) is 0 Å². The van der Waals surface area contributed by atoms with Gasteiger partial charge in [0.15, 0.2) is 0 Å². The fraction of sp³-hybridized carbons (Fsp3) is 0. The normalized spacial score (nSPS) is 10.7. The van der Waals surface area contributed by atoms with Crippen molar-refractivity contribution in [3.63, 3.8) is 0 Å². The summed E-state index contributed by atoms with van der Waals surface area (Å²) >= 11 is 0.428. The van der Waals surface area contributed by atoms with Crippen molar-refractivity contribution in [2.24, 2.45) is 0 Å². The predicted molar refractivity (Wildman–Crippen MR) is 61.9 cm³/mol. The van der Waals surface area contributed by atoms with Crippen LogP contribution in [-0.2, 0) is 0 Å². The van der Waals surface area contributed by atoms with Crippen LogP contribution in [0.15, 0.2) is 47.5 Å². The van der Waals surface area contributed by atoms with Crippen LogP contribution in [0.5, 0.6) is 0 Å². The van der Waals surface area contributed by atoms with Crippen LogP contribution in [0.2, 0.25) is 0 Å². The number of fused-ring (bicyclic) bond motifs is 1. The van der Waals surface area contributed by atoms with Gasteiger partial charge >= 0.3 is 93.2 Å². The zero-order valence-corrected chi connectivity index (χ0v) is 9.63. The number of nitrogens with zero attached hydrogens (tertiary/aromatic N) is 2. The van der Waals surface area contributed by atoms with Gasteiger partial charge in [0.2, 0.25) is 0 Å². The van der Waals surface area contributed by atoms with E-state index in [1.807, 2.05) is 30.5 Å². The van der Waals surface area contributed by atoms with E-state index in [0.29, 0.717) is 14.5 Å². The summed E-state index contributed by atoms with van der Waals surface area (Å²) in [5, 5.41) is 0. The van der Waals surface area contributed by atoms with Crippen molar-refractivity contribution in [2.45, 2.75) is 0 Å². The zero-order valence-electron chi connectivity index (χ0n) is 7.92. The van der Waals surface area contributed by atoms with Crippen LogP contribution >= 0.6 is 0 Å². The molecule has 15 heavy (non-hydrogen) atoms. The van der Waals surface area contributed by atoms with E-state index in [9.17, 15) is 0 Å². The minimum absolute atomic E-state index is 0.428. The van der Waals surface area contributed by atoms with Gasteiger partial charge in [0.1, 0.15) is 0 Å². The Labute approximate surface area is 93.4 Å². The van der Waals surface area contributed by atoms with Crippen LogP contribution in [0.25, 0.3) is 21.2 Å². The average molecular weight is 259 g/mol. The van der Waals surface area contributed by atoms with E-state index in [1.165, 1.54) is 4.44 Å². The predicted octanol–water partition coefficient (Wildman–Crippen LogP) is 2.35. The summed E-state index contributed by atoms with van der Waals surface area (Å²) < 4.78 is 1.31. The number of benzene rings is 1. The van der Waals surface area contributed by atoms with E-state index >= 15 is 0 Å². The van der Waals surface area contributed by atoms with Crippen molar-refractivity contribution in [3.8, 4) is 10.1 Å². The van der Waals surface area contributed by atoms with Crippen molar-refractivity contribution in [2.75, 3.05) is 0 Å². The van der Waals surface area contributed by atoms with Gasteiger partial charge in [-0.05, 0) is 0 Å². The van der Waals surface area contributed by atoms with Gasteiger partial charge in [-0.25, -0.2) is 0 Å². The second-order valence-corrected chi connectivity index (χ2v) is 5.21. The summed E-state index contributed by atoms with van der Waals surface area (Å²) in [6, 6.07) is 12.2. The molecule has 0 unspecified atom stereocenters. The van der Waals surface area contributed by atoms with E-state index < -0.39 is 0 Å². The molecule has 3 heteroatoms. The fourth-order valence-corrected chi connectivity index (χ4v) is 2.93. The third kappa shape index (κ3) is 1.60. The summed E-state index contributed by atoms with van der Waals surface area (Å²) in [5.41, 5.74) is 2.94. The maximum absolute atomic E-state index is 4.60. The summed E-state index contributed by atoms with van der Waals surface area (Å²) in [4.78, 5) is 11.2. The number of aromatic nitrogens is 2. The third-order valence-corrected chi connectivity index (χ3v) is 4.09. The van der Waals surface area contributed by atoms with E-state index in [-0.39, 0.29) is 0 Å². The van der Waals surface area contributed by atoms with Gasteiger partial charge in [-0.3, -0.25) is 0 Å². The molecule has 0 saturated carbocycles. The number of hydrogen-bond acceptors (Lipinski definition) is 2. The third-order valence-electron chi connectivity index (χ3n) is 2.22. The van der Waals surface area contributed by atoms with Crippen LogP contribution in [0.4, 0.5) is 0 Å². The summed E-state index contributed by atoms with van der Waals surface area (Å²) in [6.45, 7) is 0. The van der Waals surface area contributed by atoms with E-state index in [4.69, 9.17) is 0 Å². The monoisotopic (exact) mass is 260 g/mol. The molecule has 0 amide bonds. The Morgan fingerprint density at radius 2 is 1.80 bits per heavy atom. The first kappa shape index (κ1) is 8.83. The van der Waals surface area contributed by atoms with Gasteiger partial charge < -0.3 is 0 Å². The van der Waals surface area contributed by atoms with Crippen molar-refractivity contribution in [1.29, 1.82) is 0 Å². The molecule has 0 aliphatic heterocycles. The molecule has 0 radical (unpaired) electrons. The molecule has 0 N–H and O–H groups in total. The molecule has 3 rings (SSSR count). The molecule has 1 aromatic carbocycles. The molecule has 0 fully saturated rings. The number of para-hydroxylation sites is 2. The van der Waals surface area contributed by atoms with Crippen molar-refractivity contribution >= 4 is 25.5 Å². The molecular weight excluding hydrogens is 251 g/mol. The van der Waals surface area contributed by atoms with Gasteiger partial charge in [-0.2, -0.15) is 0 Å². The Balaban J connectivity index is 2.22. The van der Waals surface area contributed by atoms with Crippen molar-refractivity contribution in [1.82, 2.24) is 9.97 Å². The first-order valence-corrected chi connectivity index (χ1v) is 6.54. The molecule has 3 aromatic rings. The molecule has 2 heterocycles. The Morgan fingerprint density at radius 3 is 2.60 bits per heavy atom. The quantitative estimate of drug-likeness (QED) is 0.627. The first-order valence-electron chi connectivity index (χ1n) is 4.69. The molecule has 0 spiro atoms. The molecular formula is C12H8N2Se. The SMILES string of the molecule is c1c[se]c(-c2cnc3ccccc3n2)c1. The standard InChI is InChI=1S/C12H8N2Se/c1-2-5-10-9(4-1)13-8-11(14-10)12-6-3-7-15-12/h1-8H. The molecule has 2 nitrogen and oxygen atoms in total. The van der Waals surface area contributed by atoms with Crippen LogP contribution < -0.4 is 0 Å². The topological polar surface area (TPSA) is 25.8 Å². The van der Waals surface area contributed by atoms with Gasteiger partial charge in [-0.15, -0.1) is 0 Å². The molecule has 0 bridgehead atoms. The molecule has 0 aliphatic rings. The van der Waals surface area contributed by atoms with E-state index in [0.717, 1.165) is 16.7 Å². The minimum atomic E-state index is 0.428. The summed E-state index contributed by atoms with van der Waals surface area (Å²) in [6.07, 6.45) is 1.86. The first-order chi connectivity index (χ1) is 7.43. The van der Waals surface area contributed by atoms with Crippen LogP contribution in [0.3, 0.4) is 0 Å². The summed E-state index contributed by atoms with van der Waals surface area (Å²) in [7, 11) is 0. The number of hydrogen-bond donors (Lipinski definition) is 0. The average Bonchev–Trinajstić information content (AvgIpc) is 2.82. The molecule has 72 valence electrons. The van der Waals surface area contributed by atoms with Crippen LogP contribution in [0.1, 0.15) is 0 Å². The van der Waals surface area contributed by atoms with E-state index in [1.54, 1.807) is 0 Å². The number of rotatable bonds is 1. The Kier molecular flexibility index (Phi) is 2.13. The Bertz CT molecular complexity index is 587.